The first-order valence-corrected chi connectivity index (χ1v) is 7.65. The van der Waals surface area contributed by atoms with E-state index in [0.29, 0.717) is 4.47 Å². The van der Waals surface area contributed by atoms with Gasteiger partial charge in [-0.3, -0.25) is 0 Å². The number of benzene rings is 1. The molecule has 0 saturated heterocycles. The molecule has 0 aromatic heterocycles. The third-order valence-corrected chi connectivity index (χ3v) is 5.63. The van der Waals surface area contributed by atoms with Crippen LogP contribution in [0.1, 0.15) is 24.8 Å². The summed E-state index contributed by atoms with van der Waals surface area (Å²) in [6.45, 7) is 0. The van der Waals surface area contributed by atoms with Gasteiger partial charge in [0, 0.05) is 10.0 Å². The maximum atomic E-state index is 13.5. The smallest absolute Gasteiger partial charge is 0.157 e. The Morgan fingerprint density at radius 2 is 2.06 bits per heavy atom. The van der Waals surface area contributed by atoms with Crippen molar-refractivity contribution < 1.29 is 12.8 Å². The molecule has 1 aromatic carbocycles. The Morgan fingerprint density at radius 3 is 2.56 bits per heavy atom. The molecule has 0 heterocycles. The maximum Gasteiger partial charge on any atom is 0.157 e. The van der Waals surface area contributed by atoms with Crippen LogP contribution in [-0.2, 0) is 15.6 Å². The first-order valence-electron chi connectivity index (χ1n) is 5.14. The quantitative estimate of drug-likeness (QED) is 0.860. The van der Waals surface area contributed by atoms with Gasteiger partial charge in [-0.15, -0.1) is 0 Å². The Morgan fingerprint density at radius 1 is 1.38 bits per heavy atom. The summed E-state index contributed by atoms with van der Waals surface area (Å²) in [6.07, 6.45) is 2.41. The molecule has 2 nitrogen and oxygen atoms in total. The lowest BCUT2D eigenvalue weighted by Crippen LogP contribution is -2.29. The fraction of sp³-hybridized carbons (Fsp3) is 0.455. The summed E-state index contributed by atoms with van der Waals surface area (Å²) in [6, 6.07) is 4.48. The normalized spacial score (nSPS) is 17.1. The highest BCUT2D eigenvalue weighted by Gasteiger charge is 2.31. The molecule has 0 radical (unpaired) electrons. The molecule has 0 atom stereocenters. The van der Waals surface area contributed by atoms with Crippen molar-refractivity contribution in [3.63, 3.8) is 0 Å². The Labute approximate surface area is 103 Å². The molecular weight excluding hydrogens is 295 g/mol. The molecular formula is C11H12BrFO2S. The van der Waals surface area contributed by atoms with Crippen LogP contribution in [0, 0.1) is 5.82 Å². The van der Waals surface area contributed by atoms with Gasteiger partial charge < -0.3 is 0 Å². The zero-order valence-electron chi connectivity index (χ0n) is 8.62. The van der Waals surface area contributed by atoms with Crippen LogP contribution in [0.3, 0.4) is 0 Å². The van der Waals surface area contributed by atoms with Gasteiger partial charge in [0.1, 0.15) is 5.82 Å². The molecule has 1 fully saturated rings. The molecule has 0 N–H and O–H groups in total. The summed E-state index contributed by atoms with van der Waals surface area (Å²) in [7, 11) is -3.17. The lowest BCUT2D eigenvalue weighted by atomic mass is 10.00. The highest BCUT2D eigenvalue weighted by molar-refractivity contribution is 9.10. The van der Waals surface area contributed by atoms with Crippen LogP contribution in [0.25, 0.3) is 0 Å². The van der Waals surface area contributed by atoms with Crippen LogP contribution in [0.15, 0.2) is 22.7 Å². The zero-order chi connectivity index (χ0) is 11.8. The van der Waals surface area contributed by atoms with Crippen molar-refractivity contribution in [2.75, 3.05) is 0 Å². The van der Waals surface area contributed by atoms with E-state index in [1.807, 2.05) is 0 Å². The summed E-state index contributed by atoms with van der Waals surface area (Å²) in [4.78, 5) is 0. The van der Waals surface area contributed by atoms with Crippen LogP contribution < -0.4 is 0 Å². The lowest BCUT2D eigenvalue weighted by molar-refractivity contribution is 0.475. The predicted octanol–water partition coefficient (Wildman–Crippen LogP) is 3.06. The summed E-state index contributed by atoms with van der Waals surface area (Å²) in [5, 5.41) is -0.254. The summed E-state index contributed by atoms with van der Waals surface area (Å²) in [5.74, 6) is -0.645. The van der Waals surface area contributed by atoms with E-state index in [4.69, 9.17) is 0 Å². The van der Waals surface area contributed by atoms with Gasteiger partial charge in [-0.1, -0.05) is 28.4 Å². The van der Waals surface area contributed by atoms with E-state index in [0.717, 1.165) is 19.3 Å². The van der Waals surface area contributed by atoms with E-state index in [-0.39, 0.29) is 16.6 Å². The summed E-state index contributed by atoms with van der Waals surface area (Å²) >= 11 is 3.14. The number of hydrogen-bond acceptors (Lipinski definition) is 2. The van der Waals surface area contributed by atoms with Gasteiger partial charge in [0.05, 0.1) is 11.0 Å². The average molecular weight is 307 g/mol. The SMILES string of the molecule is O=S(=O)(Cc1ccc(Br)cc1F)C1CCC1. The van der Waals surface area contributed by atoms with E-state index in [9.17, 15) is 12.8 Å². The highest BCUT2D eigenvalue weighted by Crippen LogP contribution is 2.29. The molecule has 5 heteroatoms. The van der Waals surface area contributed by atoms with Gasteiger partial charge in [0.15, 0.2) is 9.84 Å². The van der Waals surface area contributed by atoms with Gasteiger partial charge in [-0.2, -0.15) is 0 Å². The van der Waals surface area contributed by atoms with Crippen LogP contribution in [0.4, 0.5) is 4.39 Å². The standard InChI is InChI=1S/C11H12BrFO2S/c12-9-5-4-8(11(13)6-9)7-16(14,15)10-2-1-3-10/h4-6,10H,1-3,7H2. The maximum absolute atomic E-state index is 13.5. The number of rotatable bonds is 3. The van der Waals surface area contributed by atoms with Gasteiger partial charge in [-0.25, -0.2) is 12.8 Å². The molecule has 1 aliphatic rings. The van der Waals surface area contributed by atoms with Crippen molar-refractivity contribution >= 4 is 25.8 Å². The minimum Gasteiger partial charge on any atom is -0.228 e. The first-order chi connectivity index (χ1) is 7.49. The number of halogens is 2. The molecule has 0 amide bonds. The Bertz CT molecular complexity index is 495. The predicted molar refractivity (Wildman–Crippen MR) is 64.4 cm³/mol. The third kappa shape index (κ3) is 2.46. The number of sulfone groups is 1. The minimum atomic E-state index is -3.17. The molecule has 1 aliphatic carbocycles. The van der Waals surface area contributed by atoms with Crippen molar-refractivity contribution in [3.05, 3.63) is 34.1 Å². The Hall–Kier alpha value is -0.420. The second-order valence-corrected chi connectivity index (χ2v) is 7.29. The fourth-order valence-corrected chi connectivity index (χ4v) is 3.99. The van der Waals surface area contributed by atoms with E-state index < -0.39 is 15.7 Å². The van der Waals surface area contributed by atoms with E-state index in [1.165, 1.54) is 12.1 Å². The van der Waals surface area contributed by atoms with Gasteiger partial charge in [0.25, 0.3) is 0 Å². The summed E-state index contributed by atoms with van der Waals surface area (Å²) in [5.41, 5.74) is 0.259. The van der Waals surface area contributed by atoms with Crippen LogP contribution in [0.5, 0.6) is 0 Å². The van der Waals surface area contributed by atoms with Crippen LogP contribution >= 0.6 is 15.9 Å². The molecule has 2 rings (SSSR count). The van der Waals surface area contributed by atoms with Crippen molar-refractivity contribution in [2.45, 2.75) is 30.3 Å². The monoisotopic (exact) mass is 306 g/mol. The van der Waals surface area contributed by atoms with Crippen LogP contribution in [-0.4, -0.2) is 13.7 Å². The second-order valence-electron chi connectivity index (χ2n) is 4.10. The van der Waals surface area contributed by atoms with E-state index in [2.05, 4.69) is 15.9 Å². The van der Waals surface area contributed by atoms with Crippen LogP contribution in [0.2, 0.25) is 0 Å². The van der Waals surface area contributed by atoms with Gasteiger partial charge in [-0.05, 0) is 25.0 Å². The van der Waals surface area contributed by atoms with Gasteiger partial charge in [0.2, 0.25) is 0 Å². The Balaban J connectivity index is 2.20. The van der Waals surface area contributed by atoms with Crippen molar-refractivity contribution in [1.82, 2.24) is 0 Å². The topological polar surface area (TPSA) is 34.1 Å². The lowest BCUT2D eigenvalue weighted by Gasteiger charge is -2.25. The average Bonchev–Trinajstić information content (AvgIpc) is 2.05. The van der Waals surface area contributed by atoms with Crippen molar-refractivity contribution in [3.8, 4) is 0 Å². The molecule has 88 valence electrons. The first kappa shape index (κ1) is 12.0. The molecule has 1 aromatic rings. The van der Waals surface area contributed by atoms with Gasteiger partial charge >= 0.3 is 0 Å². The van der Waals surface area contributed by atoms with E-state index in [1.54, 1.807) is 6.07 Å². The highest BCUT2D eigenvalue weighted by atomic mass is 79.9. The molecule has 0 spiro atoms. The fourth-order valence-electron chi connectivity index (χ4n) is 1.70. The molecule has 1 saturated carbocycles. The number of hydrogen-bond donors (Lipinski definition) is 0. The molecule has 0 aliphatic heterocycles. The van der Waals surface area contributed by atoms with E-state index >= 15 is 0 Å². The largest absolute Gasteiger partial charge is 0.228 e. The third-order valence-electron chi connectivity index (χ3n) is 2.93. The molecule has 16 heavy (non-hydrogen) atoms. The van der Waals surface area contributed by atoms with Crippen molar-refractivity contribution in [2.24, 2.45) is 0 Å². The minimum absolute atomic E-state index is 0.184. The Kier molecular flexibility index (Phi) is 3.35. The second kappa shape index (κ2) is 4.45. The zero-order valence-corrected chi connectivity index (χ0v) is 11.0. The van der Waals surface area contributed by atoms with Crippen molar-refractivity contribution in [1.29, 1.82) is 0 Å². The molecule has 0 bridgehead atoms. The molecule has 0 unspecified atom stereocenters. The summed E-state index contributed by atoms with van der Waals surface area (Å²) < 4.78 is 37.8.